The van der Waals surface area contributed by atoms with Crippen molar-refractivity contribution in [1.29, 1.82) is 0 Å². The summed E-state index contributed by atoms with van der Waals surface area (Å²) >= 11 is 0. The molecule has 1 fully saturated rings. The van der Waals surface area contributed by atoms with Crippen molar-refractivity contribution in [3.8, 4) is 0 Å². The van der Waals surface area contributed by atoms with Crippen LogP contribution in [0.15, 0.2) is 48.5 Å². The Morgan fingerprint density at radius 2 is 1.68 bits per heavy atom. The normalized spacial score (nSPS) is 23.2. The van der Waals surface area contributed by atoms with E-state index in [1.54, 1.807) is 0 Å². The molecule has 2 aromatic rings. The van der Waals surface area contributed by atoms with Crippen LogP contribution in [0.1, 0.15) is 48.2 Å². The van der Waals surface area contributed by atoms with Crippen LogP contribution < -0.4 is 5.32 Å². The van der Waals surface area contributed by atoms with E-state index in [1.165, 1.54) is 29.8 Å². The molecule has 28 heavy (non-hydrogen) atoms. The Morgan fingerprint density at radius 3 is 2.25 bits per heavy atom. The number of hydrogen-bond acceptors (Lipinski definition) is 4. The lowest BCUT2D eigenvalue weighted by Crippen LogP contribution is -2.28. The fraction of sp³-hybridized carbons (Fsp3) is 0.364. The minimum atomic E-state index is -1.02. The summed E-state index contributed by atoms with van der Waals surface area (Å²) in [5, 5.41) is 11.5. The van der Waals surface area contributed by atoms with Crippen molar-refractivity contribution >= 4 is 17.7 Å². The first-order valence-electron chi connectivity index (χ1n) is 9.23. The highest BCUT2D eigenvalue weighted by Gasteiger charge is 2.49. The first kappa shape index (κ1) is 19.9. The number of aromatic carboxylic acids is 1. The summed E-state index contributed by atoms with van der Waals surface area (Å²) in [5.74, 6) is -0.967. The lowest BCUT2D eigenvalue weighted by atomic mass is 9.78. The Morgan fingerprint density at radius 1 is 1.07 bits per heavy atom. The van der Waals surface area contributed by atoms with Crippen LogP contribution in [0, 0.1) is 12.8 Å². The molecule has 3 unspecified atom stereocenters. The van der Waals surface area contributed by atoms with Crippen LogP contribution in [0.3, 0.4) is 0 Å². The van der Waals surface area contributed by atoms with Crippen LogP contribution in [0.2, 0.25) is 0 Å². The van der Waals surface area contributed by atoms with E-state index in [0.717, 1.165) is 5.56 Å². The average molecular weight is 383 g/mol. The van der Waals surface area contributed by atoms with E-state index in [0.29, 0.717) is 5.69 Å². The van der Waals surface area contributed by atoms with Crippen LogP contribution >= 0.6 is 0 Å². The number of hydrogen-bond donors (Lipinski definition) is 2. The Hall–Kier alpha value is -2.86. The van der Waals surface area contributed by atoms with Crippen molar-refractivity contribution in [3.63, 3.8) is 0 Å². The molecule has 0 radical (unpaired) electrons. The van der Waals surface area contributed by atoms with Gasteiger partial charge in [0.1, 0.15) is 0 Å². The molecule has 1 saturated heterocycles. The minimum Gasteiger partial charge on any atom is -0.478 e. The van der Waals surface area contributed by atoms with Crippen LogP contribution in [-0.2, 0) is 9.47 Å². The number of benzene rings is 2. The van der Waals surface area contributed by atoms with E-state index in [1.807, 2.05) is 27.7 Å². The summed E-state index contributed by atoms with van der Waals surface area (Å²) < 4.78 is 11.6. The average Bonchev–Trinajstić information content (AvgIpc) is 2.84. The quantitative estimate of drug-likeness (QED) is 0.792. The van der Waals surface area contributed by atoms with Gasteiger partial charge < -0.3 is 14.6 Å². The molecule has 1 aliphatic rings. The zero-order valence-corrected chi connectivity index (χ0v) is 16.4. The topological polar surface area (TPSA) is 84.9 Å². The molecular weight excluding hydrogens is 358 g/mol. The molecule has 0 aliphatic carbocycles. The fourth-order valence-electron chi connectivity index (χ4n) is 3.83. The fourth-order valence-corrected chi connectivity index (χ4v) is 3.83. The minimum absolute atomic E-state index is 0.0298. The van der Waals surface area contributed by atoms with Gasteiger partial charge in [0.15, 0.2) is 0 Å². The molecule has 0 aromatic heterocycles. The van der Waals surface area contributed by atoms with Crippen molar-refractivity contribution in [2.75, 3.05) is 5.32 Å². The zero-order valence-electron chi connectivity index (χ0n) is 16.4. The van der Waals surface area contributed by atoms with Gasteiger partial charge >= 0.3 is 12.1 Å². The first-order valence-corrected chi connectivity index (χ1v) is 9.23. The molecule has 0 bridgehead atoms. The largest absolute Gasteiger partial charge is 0.478 e. The number of carbonyl (C=O) groups is 2. The van der Waals surface area contributed by atoms with Crippen molar-refractivity contribution in [2.24, 2.45) is 5.92 Å². The van der Waals surface area contributed by atoms with E-state index < -0.39 is 24.0 Å². The number of nitrogens with one attached hydrogen (secondary N) is 1. The smallest absolute Gasteiger partial charge is 0.413 e. The molecule has 6 nitrogen and oxygen atoms in total. The van der Waals surface area contributed by atoms with E-state index >= 15 is 0 Å². The van der Waals surface area contributed by atoms with Gasteiger partial charge in [-0.3, -0.25) is 5.32 Å². The summed E-state index contributed by atoms with van der Waals surface area (Å²) in [6.45, 7) is 8.06. The van der Waals surface area contributed by atoms with E-state index in [2.05, 4.69) is 29.6 Å². The number of anilines is 1. The van der Waals surface area contributed by atoms with Crippen molar-refractivity contribution in [2.45, 2.75) is 45.5 Å². The lowest BCUT2D eigenvalue weighted by molar-refractivity contribution is -0.134. The van der Waals surface area contributed by atoms with Gasteiger partial charge in [-0.05, 0) is 50.6 Å². The number of amides is 1. The molecule has 1 heterocycles. The molecule has 0 saturated carbocycles. The number of rotatable bonds is 4. The second-order valence-corrected chi connectivity index (χ2v) is 7.75. The third kappa shape index (κ3) is 4.17. The summed E-state index contributed by atoms with van der Waals surface area (Å²) in [6, 6.07) is 14.2. The van der Waals surface area contributed by atoms with Crippen molar-refractivity contribution < 1.29 is 24.2 Å². The summed E-state index contributed by atoms with van der Waals surface area (Å²) in [7, 11) is 0. The number of carbonyl (C=O) groups excluding carboxylic acids is 1. The number of carboxylic acids is 1. The number of carboxylic acid groups (broad SMARTS) is 1. The molecule has 0 spiro atoms. The Bertz CT molecular complexity index is 858. The van der Waals surface area contributed by atoms with Crippen molar-refractivity contribution in [1.82, 2.24) is 0 Å². The standard InChI is InChI=1S/C22H25NO5/c1-13-5-7-15(8-6-13)18-14(2)20(28-22(18,3)4)27-21(26)23-17-11-9-16(10-12-17)19(24)25/h5-12,14,18,20H,1-4H3,(H,23,26)(H,24,25). The lowest BCUT2D eigenvalue weighted by Gasteiger charge is -2.27. The SMILES string of the molecule is Cc1ccc(C2C(C)C(OC(=O)Nc3ccc(C(=O)O)cc3)OC2(C)C)cc1. The summed E-state index contributed by atoms with van der Waals surface area (Å²) in [6.07, 6.45) is -1.32. The van der Waals surface area contributed by atoms with Gasteiger partial charge in [-0.15, -0.1) is 0 Å². The van der Waals surface area contributed by atoms with Gasteiger partial charge in [-0.2, -0.15) is 0 Å². The van der Waals surface area contributed by atoms with Gasteiger partial charge in [0.2, 0.25) is 6.29 Å². The predicted molar refractivity (Wildman–Crippen MR) is 106 cm³/mol. The Balaban J connectivity index is 1.67. The Kier molecular flexibility index (Phi) is 5.42. The van der Waals surface area contributed by atoms with E-state index in [4.69, 9.17) is 14.6 Å². The molecule has 1 aliphatic heterocycles. The van der Waals surface area contributed by atoms with Crippen LogP contribution in [0.4, 0.5) is 10.5 Å². The molecule has 148 valence electrons. The second-order valence-electron chi connectivity index (χ2n) is 7.75. The zero-order chi connectivity index (χ0) is 20.5. The Labute approximate surface area is 164 Å². The molecule has 2 aromatic carbocycles. The maximum Gasteiger partial charge on any atom is 0.413 e. The molecule has 1 amide bonds. The number of ether oxygens (including phenoxy) is 2. The molecule has 6 heteroatoms. The summed E-state index contributed by atoms with van der Waals surface area (Å²) in [5.41, 5.74) is 2.46. The molecule has 3 rings (SSSR count). The maximum atomic E-state index is 12.3. The van der Waals surface area contributed by atoms with Crippen LogP contribution in [0.25, 0.3) is 0 Å². The van der Waals surface area contributed by atoms with Gasteiger partial charge in [0, 0.05) is 17.5 Å². The van der Waals surface area contributed by atoms with Crippen LogP contribution in [0.5, 0.6) is 0 Å². The summed E-state index contributed by atoms with van der Waals surface area (Å²) in [4.78, 5) is 23.2. The van der Waals surface area contributed by atoms with Gasteiger partial charge in [0.25, 0.3) is 0 Å². The monoisotopic (exact) mass is 383 g/mol. The third-order valence-corrected chi connectivity index (χ3v) is 5.16. The van der Waals surface area contributed by atoms with E-state index in [9.17, 15) is 9.59 Å². The molecule has 3 atom stereocenters. The highest BCUT2D eigenvalue weighted by atomic mass is 16.7. The van der Waals surface area contributed by atoms with E-state index in [-0.39, 0.29) is 17.4 Å². The first-order chi connectivity index (χ1) is 13.2. The highest BCUT2D eigenvalue weighted by Crippen LogP contribution is 2.47. The third-order valence-electron chi connectivity index (χ3n) is 5.16. The van der Waals surface area contributed by atoms with Crippen LogP contribution in [-0.4, -0.2) is 29.1 Å². The van der Waals surface area contributed by atoms with Gasteiger partial charge in [-0.25, -0.2) is 9.59 Å². The van der Waals surface area contributed by atoms with Gasteiger partial charge in [-0.1, -0.05) is 36.8 Å². The predicted octanol–water partition coefficient (Wildman–Crippen LogP) is 4.80. The molecule has 2 N–H and O–H groups in total. The van der Waals surface area contributed by atoms with Gasteiger partial charge in [0.05, 0.1) is 11.2 Å². The van der Waals surface area contributed by atoms with Crippen molar-refractivity contribution in [3.05, 3.63) is 65.2 Å². The number of aryl methyl sites for hydroxylation is 1. The maximum absolute atomic E-state index is 12.3. The highest BCUT2D eigenvalue weighted by molar-refractivity contribution is 5.89. The second kappa shape index (κ2) is 7.64. The molecular formula is C22H25NO5.